The van der Waals surface area contributed by atoms with Gasteiger partial charge in [0, 0.05) is 23.2 Å². The molecule has 30 heavy (non-hydrogen) atoms. The van der Waals surface area contributed by atoms with Gasteiger partial charge in [0.15, 0.2) is 5.72 Å². The van der Waals surface area contributed by atoms with Crippen molar-refractivity contribution in [1.29, 1.82) is 0 Å². The van der Waals surface area contributed by atoms with E-state index in [1.807, 2.05) is 0 Å². The van der Waals surface area contributed by atoms with E-state index in [1.165, 1.54) is 35.2 Å². The number of carbonyl (C=O) groups is 1. The van der Waals surface area contributed by atoms with Crippen molar-refractivity contribution in [1.82, 2.24) is 4.90 Å². The minimum atomic E-state index is -3.79. The maximum atomic E-state index is 13.9. The summed E-state index contributed by atoms with van der Waals surface area (Å²) in [5, 5.41) is 16.8. The molecule has 3 aromatic carbocycles. The number of nitrogens with two attached hydrogens (primary N) is 1. The molecule has 0 aromatic heterocycles. The van der Waals surface area contributed by atoms with Gasteiger partial charge in [-0.15, -0.1) is 0 Å². The number of hydrogen-bond donors (Lipinski definition) is 2. The Morgan fingerprint density at radius 1 is 1.00 bits per heavy atom. The zero-order valence-electron chi connectivity index (χ0n) is 15.8. The molecule has 6 nitrogen and oxygen atoms in total. The molecule has 1 atom stereocenters. The van der Waals surface area contributed by atoms with Crippen LogP contribution >= 0.6 is 0 Å². The predicted molar refractivity (Wildman–Crippen MR) is 108 cm³/mol. The molecule has 0 bridgehead atoms. The summed E-state index contributed by atoms with van der Waals surface area (Å²) >= 11 is 0. The van der Waals surface area contributed by atoms with Gasteiger partial charge in [0.25, 0.3) is 5.91 Å². The molecule has 0 saturated carbocycles. The fourth-order valence-electron chi connectivity index (χ4n) is 3.78. The summed E-state index contributed by atoms with van der Waals surface area (Å²) < 4.78 is 36.7. The second kappa shape index (κ2) is 7.32. The van der Waals surface area contributed by atoms with Crippen molar-refractivity contribution in [3.8, 4) is 0 Å². The van der Waals surface area contributed by atoms with E-state index in [1.54, 1.807) is 42.5 Å². The minimum absolute atomic E-state index is 0.00725. The van der Waals surface area contributed by atoms with E-state index in [-0.39, 0.29) is 22.9 Å². The molecule has 0 saturated heterocycles. The van der Waals surface area contributed by atoms with Crippen LogP contribution in [-0.4, -0.2) is 30.9 Å². The average molecular weight is 426 g/mol. The highest BCUT2D eigenvalue weighted by atomic mass is 32.2. The number of amides is 1. The van der Waals surface area contributed by atoms with Gasteiger partial charge in [-0.25, -0.2) is 17.9 Å². The Bertz CT molecular complexity index is 1230. The van der Waals surface area contributed by atoms with E-state index in [0.717, 1.165) is 5.56 Å². The van der Waals surface area contributed by atoms with Gasteiger partial charge in [-0.3, -0.25) is 4.79 Å². The Morgan fingerprint density at radius 3 is 2.37 bits per heavy atom. The number of nitrogens with zero attached hydrogens (tertiary/aromatic N) is 1. The fraction of sp³-hybridized carbons (Fsp3) is 0.136. The topological polar surface area (TPSA) is 101 Å². The van der Waals surface area contributed by atoms with E-state index >= 15 is 0 Å². The van der Waals surface area contributed by atoms with Gasteiger partial charge in [-0.2, -0.15) is 0 Å². The molecule has 3 aromatic rings. The number of benzene rings is 3. The molecule has 1 unspecified atom stereocenters. The third kappa shape index (κ3) is 3.39. The lowest BCUT2D eigenvalue weighted by Crippen LogP contribution is -2.45. The summed E-state index contributed by atoms with van der Waals surface area (Å²) in [7, 11) is -3.79. The minimum Gasteiger partial charge on any atom is -0.363 e. The molecule has 1 aliphatic rings. The molecule has 3 N–H and O–H groups in total. The first-order chi connectivity index (χ1) is 14.2. The molecular weight excluding hydrogens is 407 g/mol. The molecule has 8 heteroatoms. The summed E-state index contributed by atoms with van der Waals surface area (Å²) in [4.78, 5) is 14.4. The van der Waals surface area contributed by atoms with Gasteiger partial charge in [0.05, 0.1) is 4.90 Å². The van der Waals surface area contributed by atoms with E-state index < -0.39 is 21.6 Å². The van der Waals surface area contributed by atoms with Crippen LogP contribution in [0.2, 0.25) is 0 Å². The van der Waals surface area contributed by atoms with Crippen LogP contribution in [-0.2, 0) is 22.2 Å². The van der Waals surface area contributed by atoms with Gasteiger partial charge in [-0.05, 0) is 42.3 Å². The van der Waals surface area contributed by atoms with Crippen molar-refractivity contribution in [2.75, 3.05) is 6.54 Å². The first-order valence-corrected chi connectivity index (χ1v) is 10.8. The van der Waals surface area contributed by atoms with Crippen LogP contribution in [0.15, 0.2) is 77.7 Å². The van der Waals surface area contributed by atoms with Gasteiger partial charge < -0.3 is 10.0 Å². The molecule has 154 valence electrons. The third-order valence-electron chi connectivity index (χ3n) is 5.27. The number of fused-ring (bicyclic) bond motifs is 1. The molecule has 0 spiro atoms. The van der Waals surface area contributed by atoms with Crippen LogP contribution in [0, 0.1) is 5.82 Å². The van der Waals surface area contributed by atoms with Crippen LogP contribution in [0.4, 0.5) is 4.39 Å². The summed E-state index contributed by atoms with van der Waals surface area (Å²) in [5.74, 6) is -0.880. The number of aliphatic hydroxyl groups is 1. The van der Waals surface area contributed by atoms with E-state index in [9.17, 15) is 22.7 Å². The summed E-state index contributed by atoms with van der Waals surface area (Å²) in [6, 6.07) is 18.2. The van der Waals surface area contributed by atoms with Crippen molar-refractivity contribution in [2.24, 2.45) is 5.14 Å². The lowest BCUT2D eigenvalue weighted by molar-refractivity contribution is -0.0495. The van der Waals surface area contributed by atoms with Crippen LogP contribution in [0.1, 0.15) is 27.0 Å². The highest BCUT2D eigenvalue weighted by Crippen LogP contribution is 2.42. The van der Waals surface area contributed by atoms with Gasteiger partial charge in [0.2, 0.25) is 10.0 Å². The van der Waals surface area contributed by atoms with E-state index in [2.05, 4.69) is 0 Å². The Hall–Kier alpha value is -3.07. The molecule has 1 amide bonds. The monoisotopic (exact) mass is 426 g/mol. The number of rotatable bonds is 5. The Morgan fingerprint density at radius 2 is 1.70 bits per heavy atom. The maximum Gasteiger partial charge on any atom is 0.257 e. The molecule has 4 rings (SSSR count). The number of carbonyl (C=O) groups excluding carboxylic acids is 1. The zero-order valence-corrected chi connectivity index (χ0v) is 16.6. The Balaban J connectivity index is 1.68. The summed E-state index contributed by atoms with van der Waals surface area (Å²) in [6.45, 7) is 0.134. The normalized spacial score (nSPS) is 18.5. The van der Waals surface area contributed by atoms with Crippen molar-refractivity contribution in [3.05, 3.63) is 101 Å². The van der Waals surface area contributed by atoms with E-state index in [0.29, 0.717) is 17.5 Å². The van der Waals surface area contributed by atoms with Gasteiger partial charge >= 0.3 is 0 Å². The molecule has 0 aliphatic carbocycles. The zero-order chi connectivity index (χ0) is 21.5. The Labute approximate surface area is 173 Å². The van der Waals surface area contributed by atoms with Crippen LogP contribution in [0.3, 0.4) is 0 Å². The van der Waals surface area contributed by atoms with E-state index in [4.69, 9.17) is 5.14 Å². The highest BCUT2D eigenvalue weighted by Gasteiger charge is 2.49. The first-order valence-electron chi connectivity index (χ1n) is 9.23. The molecule has 1 heterocycles. The van der Waals surface area contributed by atoms with Crippen molar-refractivity contribution in [2.45, 2.75) is 17.0 Å². The van der Waals surface area contributed by atoms with Crippen LogP contribution in [0.5, 0.6) is 0 Å². The summed E-state index contributed by atoms with van der Waals surface area (Å²) in [6.07, 6.45) is 0.349. The van der Waals surface area contributed by atoms with Crippen LogP contribution < -0.4 is 5.14 Å². The number of sulfonamides is 1. The van der Waals surface area contributed by atoms with Gasteiger partial charge in [0.1, 0.15) is 5.82 Å². The second-order valence-corrected chi connectivity index (χ2v) is 8.69. The van der Waals surface area contributed by atoms with Crippen molar-refractivity contribution in [3.63, 3.8) is 0 Å². The average Bonchev–Trinajstić information content (AvgIpc) is 2.94. The number of primary sulfonamides is 1. The SMILES string of the molecule is NS(=O)(=O)c1ccc(CCN2C(=O)c3ccccc3C2(O)c2cccc(F)c2)cc1. The summed E-state index contributed by atoms with van der Waals surface area (Å²) in [5.41, 5.74) is -0.0480. The standard InChI is InChI=1S/C22H19FN2O4S/c23-17-5-3-4-16(14-17)22(27)20-7-2-1-6-19(20)21(26)25(22)13-12-15-8-10-18(11-9-15)30(24,28)29/h1-11,14,27H,12-13H2,(H2,24,28,29). The molecule has 1 aliphatic heterocycles. The highest BCUT2D eigenvalue weighted by molar-refractivity contribution is 7.89. The van der Waals surface area contributed by atoms with Crippen LogP contribution in [0.25, 0.3) is 0 Å². The molecule has 0 fully saturated rings. The fourth-order valence-corrected chi connectivity index (χ4v) is 4.29. The lowest BCUT2D eigenvalue weighted by Gasteiger charge is -2.35. The number of hydrogen-bond acceptors (Lipinski definition) is 4. The molecular formula is C22H19FN2O4S. The second-order valence-electron chi connectivity index (χ2n) is 7.12. The smallest absolute Gasteiger partial charge is 0.257 e. The van der Waals surface area contributed by atoms with Crippen molar-refractivity contribution < 1.29 is 22.7 Å². The van der Waals surface area contributed by atoms with Crippen molar-refractivity contribution >= 4 is 15.9 Å². The predicted octanol–water partition coefficient (Wildman–Crippen LogP) is 2.37. The lowest BCUT2D eigenvalue weighted by atomic mass is 9.93. The largest absolute Gasteiger partial charge is 0.363 e. The quantitative estimate of drug-likeness (QED) is 0.654. The maximum absolute atomic E-state index is 13.9. The first kappa shape index (κ1) is 20.2. The Kier molecular flexibility index (Phi) is 4.93. The third-order valence-corrected chi connectivity index (χ3v) is 6.20. The molecule has 0 radical (unpaired) electrons. The van der Waals surface area contributed by atoms with Gasteiger partial charge in [-0.1, -0.05) is 42.5 Å². The number of halogens is 1.